The standard InChI is InChI=1S/C17H20N4O2S/c22-16(14-1-3-19-20-5-14)18-10-17-11-21(6-13-2-4-24-9-13)7-15(17)8-23-12-17/h1-5,9,15H,6-8,10-12H2,(H,18,22)/t15-,17+/m0/s1. The molecule has 0 unspecified atom stereocenters. The Morgan fingerprint density at radius 1 is 1.46 bits per heavy atom. The highest BCUT2D eigenvalue weighted by Crippen LogP contribution is 2.41. The third-order valence-electron chi connectivity index (χ3n) is 5.03. The molecule has 1 N–H and O–H groups in total. The number of nitrogens with zero attached hydrogens (tertiary/aromatic N) is 3. The predicted molar refractivity (Wildman–Crippen MR) is 90.7 cm³/mol. The minimum atomic E-state index is -0.0961. The van der Waals surface area contributed by atoms with Gasteiger partial charge in [-0.3, -0.25) is 9.69 Å². The van der Waals surface area contributed by atoms with Gasteiger partial charge < -0.3 is 10.1 Å². The van der Waals surface area contributed by atoms with E-state index in [1.807, 2.05) is 0 Å². The van der Waals surface area contributed by atoms with Crippen LogP contribution in [-0.4, -0.2) is 53.9 Å². The van der Waals surface area contributed by atoms with Crippen LogP contribution in [0.25, 0.3) is 0 Å². The maximum Gasteiger partial charge on any atom is 0.252 e. The lowest BCUT2D eigenvalue weighted by molar-refractivity contribution is 0.0903. The molecule has 0 aromatic carbocycles. The van der Waals surface area contributed by atoms with Crippen molar-refractivity contribution in [2.24, 2.45) is 11.3 Å². The van der Waals surface area contributed by atoms with E-state index in [0.717, 1.165) is 26.2 Å². The van der Waals surface area contributed by atoms with Gasteiger partial charge in [0.05, 0.1) is 31.2 Å². The maximum absolute atomic E-state index is 12.3. The SMILES string of the molecule is O=C(NC[C@@]12COC[C@@H]1CN(Cc1ccsc1)C2)c1ccnnc1. The van der Waals surface area contributed by atoms with Gasteiger partial charge >= 0.3 is 0 Å². The minimum absolute atomic E-state index is 0.0200. The molecule has 4 heterocycles. The number of carbonyl (C=O) groups is 1. The Kier molecular flexibility index (Phi) is 4.30. The van der Waals surface area contributed by atoms with Crippen molar-refractivity contribution >= 4 is 17.2 Å². The summed E-state index contributed by atoms with van der Waals surface area (Å²) < 4.78 is 5.74. The highest BCUT2D eigenvalue weighted by atomic mass is 32.1. The fourth-order valence-corrected chi connectivity index (χ4v) is 4.40. The van der Waals surface area contributed by atoms with Gasteiger partial charge in [-0.15, -0.1) is 0 Å². The summed E-state index contributed by atoms with van der Waals surface area (Å²) in [6.45, 7) is 5.10. The summed E-state index contributed by atoms with van der Waals surface area (Å²) >= 11 is 1.74. The van der Waals surface area contributed by atoms with E-state index in [-0.39, 0.29) is 11.3 Å². The number of fused-ring (bicyclic) bond motifs is 1. The number of carbonyl (C=O) groups excluding carboxylic acids is 1. The number of thiophene rings is 1. The Balaban J connectivity index is 1.40. The smallest absolute Gasteiger partial charge is 0.252 e. The zero-order chi connectivity index (χ0) is 16.4. The number of nitrogens with one attached hydrogen (secondary N) is 1. The van der Waals surface area contributed by atoms with E-state index in [4.69, 9.17) is 4.74 Å². The minimum Gasteiger partial charge on any atom is -0.380 e. The van der Waals surface area contributed by atoms with Crippen LogP contribution < -0.4 is 5.32 Å². The van der Waals surface area contributed by atoms with Crippen LogP contribution in [0.4, 0.5) is 0 Å². The van der Waals surface area contributed by atoms with Gasteiger partial charge in [-0.25, -0.2) is 0 Å². The van der Waals surface area contributed by atoms with Crippen LogP contribution in [-0.2, 0) is 11.3 Å². The highest BCUT2D eigenvalue weighted by Gasteiger charge is 2.50. The molecule has 7 heteroatoms. The molecular weight excluding hydrogens is 324 g/mol. The summed E-state index contributed by atoms with van der Waals surface area (Å²) in [5.74, 6) is 0.383. The van der Waals surface area contributed by atoms with E-state index in [2.05, 4.69) is 37.2 Å². The van der Waals surface area contributed by atoms with Gasteiger partial charge in [-0.2, -0.15) is 21.5 Å². The van der Waals surface area contributed by atoms with E-state index < -0.39 is 0 Å². The van der Waals surface area contributed by atoms with Gasteiger partial charge in [0.2, 0.25) is 0 Å². The van der Waals surface area contributed by atoms with Crippen LogP contribution in [0.5, 0.6) is 0 Å². The maximum atomic E-state index is 12.3. The average molecular weight is 344 g/mol. The Bertz CT molecular complexity index is 694. The lowest BCUT2D eigenvalue weighted by Crippen LogP contribution is -2.43. The monoisotopic (exact) mass is 344 g/mol. The van der Waals surface area contributed by atoms with E-state index in [0.29, 0.717) is 24.6 Å². The van der Waals surface area contributed by atoms with Crippen molar-refractivity contribution in [3.8, 4) is 0 Å². The summed E-state index contributed by atoms with van der Waals surface area (Å²) in [6.07, 6.45) is 3.03. The van der Waals surface area contributed by atoms with Gasteiger partial charge in [0, 0.05) is 37.5 Å². The summed E-state index contributed by atoms with van der Waals surface area (Å²) in [5.41, 5.74) is 1.93. The van der Waals surface area contributed by atoms with Crippen LogP contribution in [0.3, 0.4) is 0 Å². The van der Waals surface area contributed by atoms with E-state index in [1.54, 1.807) is 17.4 Å². The normalized spacial score (nSPS) is 26.4. The van der Waals surface area contributed by atoms with Gasteiger partial charge in [0.1, 0.15) is 0 Å². The lowest BCUT2D eigenvalue weighted by atomic mass is 9.81. The Labute approximate surface area is 144 Å². The van der Waals surface area contributed by atoms with E-state index in [9.17, 15) is 4.79 Å². The average Bonchev–Trinajstić information content (AvgIpc) is 3.30. The fraction of sp³-hybridized carbons (Fsp3) is 0.471. The molecule has 0 bridgehead atoms. The van der Waals surface area contributed by atoms with E-state index >= 15 is 0 Å². The van der Waals surface area contributed by atoms with Crippen LogP contribution in [0.2, 0.25) is 0 Å². The van der Waals surface area contributed by atoms with Crippen molar-refractivity contribution in [1.82, 2.24) is 20.4 Å². The molecule has 4 rings (SSSR count). The van der Waals surface area contributed by atoms with Crippen LogP contribution in [0, 0.1) is 11.3 Å². The first kappa shape index (κ1) is 15.7. The second kappa shape index (κ2) is 6.58. The molecule has 0 saturated carbocycles. The zero-order valence-electron chi connectivity index (χ0n) is 13.4. The van der Waals surface area contributed by atoms with Crippen LogP contribution in [0.15, 0.2) is 35.3 Å². The van der Waals surface area contributed by atoms with Crippen molar-refractivity contribution in [2.75, 3.05) is 32.8 Å². The van der Waals surface area contributed by atoms with Crippen molar-refractivity contribution in [2.45, 2.75) is 6.54 Å². The van der Waals surface area contributed by atoms with Gasteiger partial charge in [-0.05, 0) is 28.5 Å². The van der Waals surface area contributed by atoms with Crippen molar-refractivity contribution in [3.63, 3.8) is 0 Å². The van der Waals surface area contributed by atoms with E-state index in [1.165, 1.54) is 18.0 Å². The summed E-state index contributed by atoms with van der Waals surface area (Å²) in [7, 11) is 0. The molecule has 0 spiro atoms. The molecule has 0 radical (unpaired) electrons. The van der Waals surface area contributed by atoms with Gasteiger partial charge in [0.25, 0.3) is 5.91 Å². The molecule has 2 atom stereocenters. The number of amides is 1. The molecule has 2 fully saturated rings. The topological polar surface area (TPSA) is 67.3 Å². The van der Waals surface area contributed by atoms with Crippen LogP contribution >= 0.6 is 11.3 Å². The molecule has 0 aliphatic carbocycles. The Morgan fingerprint density at radius 3 is 3.21 bits per heavy atom. The number of hydrogen-bond donors (Lipinski definition) is 1. The molecule has 1 amide bonds. The molecule has 24 heavy (non-hydrogen) atoms. The molecule has 2 aromatic rings. The molecule has 6 nitrogen and oxygen atoms in total. The molecule has 2 aliphatic heterocycles. The van der Waals surface area contributed by atoms with Crippen LogP contribution in [0.1, 0.15) is 15.9 Å². The van der Waals surface area contributed by atoms with Crippen molar-refractivity contribution < 1.29 is 9.53 Å². The first-order chi connectivity index (χ1) is 11.8. The number of aromatic nitrogens is 2. The quantitative estimate of drug-likeness (QED) is 0.888. The predicted octanol–water partition coefficient (Wildman–Crippen LogP) is 1.42. The molecule has 2 aliphatic rings. The zero-order valence-corrected chi connectivity index (χ0v) is 14.2. The number of likely N-dealkylation sites (tertiary alicyclic amines) is 1. The summed E-state index contributed by atoms with van der Waals surface area (Å²) in [5, 5.41) is 14.9. The highest BCUT2D eigenvalue weighted by molar-refractivity contribution is 7.07. The summed E-state index contributed by atoms with van der Waals surface area (Å²) in [6, 6.07) is 3.86. The van der Waals surface area contributed by atoms with Gasteiger partial charge in [-0.1, -0.05) is 0 Å². The third kappa shape index (κ3) is 3.07. The Hall–Kier alpha value is -1.83. The lowest BCUT2D eigenvalue weighted by Gasteiger charge is -2.27. The number of rotatable bonds is 5. The number of hydrogen-bond acceptors (Lipinski definition) is 6. The Morgan fingerprint density at radius 2 is 2.42 bits per heavy atom. The van der Waals surface area contributed by atoms with Gasteiger partial charge in [0.15, 0.2) is 0 Å². The van der Waals surface area contributed by atoms with Crippen molar-refractivity contribution in [3.05, 3.63) is 46.4 Å². The first-order valence-corrected chi connectivity index (χ1v) is 9.06. The van der Waals surface area contributed by atoms with Crippen molar-refractivity contribution in [1.29, 1.82) is 0 Å². The summed E-state index contributed by atoms with van der Waals surface area (Å²) in [4.78, 5) is 14.8. The second-order valence-electron chi connectivity index (χ2n) is 6.69. The fourth-order valence-electron chi connectivity index (χ4n) is 3.74. The second-order valence-corrected chi connectivity index (χ2v) is 7.47. The largest absolute Gasteiger partial charge is 0.380 e. The first-order valence-electron chi connectivity index (χ1n) is 8.11. The molecular formula is C17H20N4O2S. The molecule has 2 saturated heterocycles. The molecule has 2 aromatic heterocycles. The number of ether oxygens (including phenoxy) is 1. The third-order valence-corrected chi connectivity index (χ3v) is 5.76. The molecule has 126 valence electrons.